The Bertz CT molecular complexity index is 591. The molecule has 0 radical (unpaired) electrons. The van der Waals surface area contributed by atoms with Gasteiger partial charge in [-0.2, -0.15) is 8.78 Å². The van der Waals surface area contributed by atoms with Crippen molar-refractivity contribution in [1.29, 1.82) is 0 Å². The molecule has 1 aliphatic rings. The van der Waals surface area contributed by atoms with Crippen LogP contribution >= 0.6 is 0 Å². The van der Waals surface area contributed by atoms with E-state index in [4.69, 9.17) is 5.11 Å². The number of aryl methyl sites for hydroxylation is 1. The number of rotatable bonds is 5. The van der Waals surface area contributed by atoms with Gasteiger partial charge in [0.2, 0.25) is 5.91 Å². The van der Waals surface area contributed by atoms with Gasteiger partial charge in [0, 0.05) is 5.92 Å². The van der Waals surface area contributed by atoms with Crippen molar-refractivity contribution in [2.75, 3.05) is 5.32 Å². The molecule has 1 saturated carbocycles. The van der Waals surface area contributed by atoms with Gasteiger partial charge < -0.3 is 15.2 Å². The zero-order chi connectivity index (χ0) is 17.0. The lowest BCUT2D eigenvalue weighted by atomic mass is 9.81. The Morgan fingerprint density at radius 1 is 1.30 bits per heavy atom. The SMILES string of the molecule is Cc1cccc(OC(F)F)c1NC(=O)C1CCCC(C(=O)O)C1. The lowest BCUT2D eigenvalue weighted by Crippen LogP contribution is -2.31. The second-order valence-corrected chi connectivity index (χ2v) is 5.71. The quantitative estimate of drug-likeness (QED) is 0.869. The van der Waals surface area contributed by atoms with Gasteiger partial charge in [0.1, 0.15) is 5.75 Å². The van der Waals surface area contributed by atoms with Crippen molar-refractivity contribution >= 4 is 17.6 Å². The number of hydrogen-bond acceptors (Lipinski definition) is 3. The van der Waals surface area contributed by atoms with Crippen LogP contribution in [0.5, 0.6) is 5.75 Å². The fourth-order valence-corrected chi connectivity index (χ4v) is 2.87. The van der Waals surface area contributed by atoms with Crippen LogP contribution in [0.1, 0.15) is 31.2 Å². The van der Waals surface area contributed by atoms with Crippen molar-refractivity contribution in [1.82, 2.24) is 0 Å². The highest BCUT2D eigenvalue weighted by atomic mass is 19.3. The Labute approximate surface area is 132 Å². The van der Waals surface area contributed by atoms with E-state index in [9.17, 15) is 18.4 Å². The van der Waals surface area contributed by atoms with Crippen LogP contribution in [0.2, 0.25) is 0 Å². The molecule has 0 spiro atoms. The zero-order valence-corrected chi connectivity index (χ0v) is 12.7. The number of carboxylic acid groups (broad SMARTS) is 1. The minimum atomic E-state index is -2.99. The number of hydrogen-bond donors (Lipinski definition) is 2. The highest BCUT2D eigenvalue weighted by molar-refractivity contribution is 5.95. The molecule has 0 aliphatic heterocycles. The molecule has 0 saturated heterocycles. The number of ether oxygens (including phenoxy) is 1. The Hall–Kier alpha value is -2.18. The third-order valence-electron chi connectivity index (χ3n) is 4.09. The van der Waals surface area contributed by atoms with Crippen molar-refractivity contribution in [3.05, 3.63) is 23.8 Å². The molecule has 1 aromatic rings. The molecule has 0 bridgehead atoms. The standard InChI is InChI=1S/C16H19F2NO4/c1-9-4-2-7-12(23-16(17)18)13(9)19-14(20)10-5-3-6-11(8-10)15(21)22/h2,4,7,10-11,16H,3,5-6,8H2,1H3,(H,19,20)(H,21,22). The predicted molar refractivity (Wildman–Crippen MR) is 79.5 cm³/mol. The zero-order valence-electron chi connectivity index (χ0n) is 12.7. The molecular weight excluding hydrogens is 308 g/mol. The smallest absolute Gasteiger partial charge is 0.387 e. The number of alkyl halides is 2. The molecular formula is C16H19F2NO4. The molecule has 0 heterocycles. The van der Waals surface area contributed by atoms with Crippen molar-refractivity contribution in [2.24, 2.45) is 11.8 Å². The topological polar surface area (TPSA) is 75.6 Å². The number of carbonyl (C=O) groups excluding carboxylic acids is 1. The third kappa shape index (κ3) is 4.40. The Morgan fingerprint density at radius 3 is 2.65 bits per heavy atom. The summed E-state index contributed by atoms with van der Waals surface area (Å²) in [6.45, 7) is -1.31. The predicted octanol–water partition coefficient (Wildman–Crippen LogP) is 3.43. The molecule has 2 N–H and O–H groups in total. The van der Waals surface area contributed by atoms with E-state index in [2.05, 4.69) is 10.1 Å². The third-order valence-corrected chi connectivity index (χ3v) is 4.09. The van der Waals surface area contributed by atoms with E-state index in [1.54, 1.807) is 19.1 Å². The summed E-state index contributed by atoms with van der Waals surface area (Å²) in [7, 11) is 0. The number of amides is 1. The Morgan fingerprint density at radius 2 is 2.00 bits per heavy atom. The van der Waals surface area contributed by atoms with Gasteiger partial charge in [-0.25, -0.2) is 0 Å². The number of benzene rings is 1. The summed E-state index contributed by atoms with van der Waals surface area (Å²) in [5.74, 6) is -2.33. The van der Waals surface area contributed by atoms with Gasteiger partial charge >= 0.3 is 12.6 Å². The van der Waals surface area contributed by atoms with Gasteiger partial charge in [-0.15, -0.1) is 0 Å². The highest BCUT2D eigenvalue weighted by Crippen LogP contribution is 2.33. The van der Waals surface area contributed by atoms with Crippen molar-refractivity contribution in [3.63, 3.8) is 0 Å². The maximum absolute atomic E-state index is 12.5. The van der Waals surface area contributed by atoms with E-state index in [0.29, 0.717) is 24.8 Å². The van der Waals surface area contributed by atoms with E-state index in [0.717, 1.165) is 0 Å². The van der Waals surface area contributed by atoms with Crippen molar-refractivity contribution < 1.29 is 28.2 Å². The first kappa shape index (κ1) is 17.2. The van der Waals surface area contributed by atoms with Gasteiger partial charge in [-0.3, -0.25) is 9.59 Å². The minimum Gasteiger partial charge on any atom is -0.481 e. The molecule has 2 rings (SSSR count). The summed E-state index contributed by atoms with van der Waals surface area (Å²) in [6, 6.07) is 4.59. The summed E-state index contributed by atoms with van der Waals surface area (Å²) in [4.78, 5) is 23.5. The number of nitrogens with one attached hydrogen (secondary N) is 1. The summed E-state index contributed by atoms with van der Waals surface area (Å²) in [5, 5.41) is 11.7. The van der Waals surface area contributed by atoms with Gasteiger partial charge in [-0.05, 0) is 37.8 Å². The van der Waals surface area contributed by atoms with Crippen LogP contribution in [0.15, 0.2) is 18.2 Å². The van der Waals surface area contributed by atoms with Crippen molar-refractivity contribution in [2.45, 2.75) is 39.2 Å². The number of carboxylic acids is 1. The first-order chi connectivity index (χ1) is 10.9. The Balaban J connectivity index is 2.12. The number of para-hydroxylation sites is 1. The summed E-state index contributed by atoms with van der Waals surface area (Å²) < 4.78 is 29.4. The molecule has 1 fully saturated rings. The maximum Gasteiger partial charge on any atom is 0.387 e. The van der Waals surface area contributed by atoms with Crippen LogP contribution < -0.4 is 10.1 Å². The van der Waals surface area contributed by atoms with Gasteiger partial charge in [-0.1, -0.05) is 18.6 Å². The molecule has 126 valence electrons. The van der Waals surface area contributed by atoms with E-state index in [1.165, 1.54) is 6.07 Å². The fraction of sp³-hybridized carbons (Fsp3) is 0.500. The lowest BCUT2D eigenvalue weighted by Gasteiger charge is -2.26. The second-order valence-electron chi connectivity index (χ2n) is 5.71. The number of anilines is 1. The first-order valence-corrected chi connectivity index (χ1v) is 7.46. The van der Waals surface area contributed by atoms with Crippen LogP contribution in [-0.2, 0) is 9.59 Å². The van der Waals surface area contributed by atoms with Gasteiger partial charge in [0.15, 0.2) is 0 Å². The van der Waals surface area contributed by atoms with E-state index < -0.39 is 24.4 Å². The van der Waals surface area contributed by atoms with Crippen LogP contribution in [0, 0.1) is 18.8 Å². The number of halogens is 2. The van der Waals surface area contributed by atoms with Gasteiger partial charge in [0.25, 0.3) is 0 Å². The molecule has 7 heteroatoms. The number of carbonyl (C=O) groups is 2. The first-order valence-electron chi connectivity index (χ1n) is 7.46. The molecule has 1 aromatic carbocycles. The normalized spacial score (nSPS) is 21.0. The summed E-state index contributed by atoms with van der Waals surface area (Å²) >= 11 is 0. The molecule has 23 heavy (non-hydrogen) atoms. The molecule has 1 aliphatic carbocycles. The maximum atomic E-state index is 12.5. The fourth-order valence-electron chi connectivity index (χ4n) is 2.87. The second kappa shape index (κ2) is 7.39. The average Bonchev–Trinajstić information content (AvgIpc) is 2.50. The lowest BCUT2D eigenvalue weighted by molar-refractivity contribution is -0.143. The van der Waals surface area contributed by atoms with Crippen LogP contribution in [0.3, 0.4) is 0 Å². The van der Waals surface area contributed by atoms with E-state index in [-0.39, 0.29) is 23.8 Å². The molecule has 2 unspecified atom stereocenters. The monoisotopic (exact) mass is 327 g/mol. The molecule has 1 amide bonds. The Kier molecular flexibility index (Phi) is 5.52. The minimum absolute atomic E-state index is 0.0982. The van der Waals surface area contributed by atoms with Crippen LogP contribution in [-0.4, -0.2) is 23.6 Å². The van der Waals surface area contributed by atoms with E-state index >= 15 is 0 Å². The molecule has 0 aromatic heterocycles. The van der Waals surface area contributed by atoms with E-state index in [1.807, 2.05) is 0 Å². The van der Waals surface area contributed by atoms with Crippen molar-refractivity contribution in [3.8, 4) is 5.75 Å². The largest absolute Gasteiger partial charge is 0.481 e. The van der Waals surface area contributed by atoms with Crippen LogP contribution in [0.4, 0.5) is 14.5 Å². The van der Waals surface area contributed by atoms with Crippen LogP contribution in [0.25, 0.3) is 0 Å². The summed E-state index contributed by atoms with van der Waals surface area (Å²) in [6.07, 6.45) is 2.07. The molecule has 2 atom stereocenters. The highest BCUT2D eigenvalue weighted by Gasteiger charge is 2.31. The molecule has 5 nitrogen and oxygen atoms in total. The average molecular weight is 327 g/mol. The number of aliphatic carboxylic acids is 1. The summed E-state index contributed by atoms with van der Waals surface area (Å²) in [5.41, 5.74) is 0.803. The van der Waals surface area contributed by atoms with Gasteiger partial charge in [0.05, 0.1) is 11.6 Å².